The molecule has 0 bridgehead atoms. The number of amides is 4. The average Bonchev–Trinajstić information content (AvgIpc) is 3.78. The molecule has 3 heterocycles. The van der Waals surface area contributed by atoms with Crippen LogP contribution in [0.2, 0.25) is 0 Å². The molecular formula is C38H40FN9O5. The molecule has 0 unspecified atom stereocenters. The minimum absolute atomic E-state index is 0.0307. The first-order chi connectivity index (χ1) is 25.4. The van der Waals surface area contributed by atoms with Crippen LogP contribution >= 0.6 is 0 Å². The van der Waals surface area contributed by atoms with Crippen molar-refractivity contribution in [3.63, 3.8) is 0 Å². The third-order valence-electron chi connectivity index (χ3n) is 7.42. The van der Waals surface area contributed by atoms with Crippen molar-refractivity contribution < 1.29 is 28.6 Å². The topological polar surface area (TPSA) is 180 Å². The van der Waals surface area contributed by atoms with E-state index in [2.05, 4.69) is 41.5 Å². The number of nitrogens with zero attached hydrogens (tertiary/aromatic N) is 4. The van der Waals surface area contributed by atoms with Crippen molar-refractivity contribution >= 4 is 35.1 Å². The zero-order valence-corrected chi connectivity index (χ0v) is 29.8. The van der Waals surface area contributed by atoms with Crippen LogP contribution in [0.15, 0.2) is 103 Å². The van der Waals surface area contributed by atoms with Crippen LogP contribution < -0.4 is 26.0 Å². The molecule has 0 spiro atoms. The fraction of sp³-hybridized carbons (Fsp3) is 0.184. The normalized spacial score (nSPS) is 10.8. The molecule has 0 saturated heterocycles. The number of aryl methyl sites for hydroxylation is 1. The molecular weight excluding hydrogens is 681 g/mol. The van der Waals surface area contributed by atoms with E-state index in [1.807, 2.05) is 58.0 Å². The van der Waals surface area contributed by atoms with E-state index in [1.165, 1.54) is 12.1 Å². The zero-order chi connectivity index (χ0) is 38.0. The van der Waals surface area contributed by atoms with E-state index >= 15 is 0 Å². The number of pyridine rings is 1. The molecule has 14 nitrogen and oxygen atoms in total. The number of benzene rings is 3. The van der Waals surface area contributed by atoms with Gasteiger partial charge in [-0.2, -0.15) is 10.2 Å². The Labute approximate surface area is 305 Å². The van der Waals surface area contributed by atoms with Crippen molar-refractivity contribution in [1.29, 1.82) is 0 Å². The first kappa shape index (κ1) is 37.5. The average molecular weight is 722 g/mol. The van der Waals surface area contributed by atoms with Gasteiger partial charge in [0.05, 0.1) is 24.2 Å². The number of rotatable bonds is 9. The molecule has 0 aliphatic carbocycles. The summed E-state index contributed by atoms with van der Waals surface area (Å²) in [5.74, 6) is 1.34. The van der Waals surface area contributed by atoms with Gasteiger partial charge < -0.3 is 25.2 Å². The minimum Gasteiger partial charge on any atom is -0.508 e. The smallest absolute Gasteiger partial charge is 0.324 e. The van der Waals surface area contributed by atoms with Gasteiger partial charge in [0.2, 0.25) is 0 Å². The van der Waals surface area contributed by atoms with Crippen LogP contribution in [0.1, 0.15) is 37.7 Å². The number of phenolic OH excluding ortho intramolecular Hbond substituents is 1. The molecule has 0 saturated carbocycles. The van der Waals surface area contributed by atoms with Gasteiger partial charge in [0.1, 0.15) is 28.9 Å². The summed E-state index contributed by atoms with van der Waals surface area (Å²) >= 11 is 0. The summed E-state index contributed by atoms with van der Waals surface area (Å²) < 4.78 is 26.1. The Hall–Kier alpha value is -6.74. The molecule has 6 N–H and O–H groups in total. The van der Waals surface area contributed by atoms with Gasteiger partial charge in [0.15, 0.2) is 5.82 Å². The molecule has 6 aromatic rings. The summed E-state index contributed by atoms with van der Waals surface area (Å²) in [6.45, 7) is 8.47. The third kappa shape index (κ3) is 10.9. The molecule has 3 aromatic carbocycles. The maximum atomic E-state index is 13.5. The maximum absolute atomic E-state index is 13.5. The van der Waals surface area contributed by atoms with Gasteiger partial charge in [-0.25, -0.2) is 18.7 Å². The summed E-state index contributed by atoms with van der Waals surface area (Å²) in [7, 11) is 1.66. The Balaban J connectivity index is 0.000000224. The van der Waals surface area contributed by atoms with Crippen molar-refractivity contribution in [3.05, 3.63) is 126 Å². The number of aromatic nitrogens is 5. The number of phenols is 1. The quantitative estimate of drug-likeness (QED) is 0.0806. The molecule has 0 radical (unpaired) electrons. The SMILES string of the molecule is CC(C)(C)c1cc(NC(=O)Nc2ccc(O)cc2F)n[nH]1.COCc1ccc(-n2nccc2NC(=O)Nc2ccc(Oc3ccnc(C)c3)cc2)cc1. The number of urea groups is 2. The van der Waals surface area contributed by atoms with Crippen molar-refractivity contribution in [1.82, 2.24) is 25.0 Å². The fourth-order valence-corrected chi connectivity index (χ4v) is 4.75. The van der Waals surface area contributed by atoms with Crippen LogP contribution in [0.3, 0.4) is 0 Å². The van der Waals surface area contributed by atoms with Gasteiger partial charge in [0.25, 0.3) is 0 Å². The van der Waals surface area contributed by atoms with Gasteiger partial charge in [-0.3, -0.25) is 20.7 Å². The van der Waals surface area contributed by atoms with Gasteiger partial charge in [-0.05, 0) is 67.1 Å². The van der Waals surface area contributed by atoms with E-state index in [1.54, 1.807) is 66.6 Å². The van der Waals surface area contributed by atoms with Crippen LogP contribution in [0.4, 0.5) is 37.0 Å². The highest BCUT2D eigenvalue weighted by atomic mass is 19.1. The van der Waals surface area contributed by atoms with Gasteiger partial charge in [-0.15, -0.1) is 0 Å². The van der Waals surface area contributed by atoms with Crippen LogP contribution in [0, 0.1) is 12.7 Å². The first-order valence-corrected chi connectivity index (χ1v) is 16.4. The zero-order valence-electron chi connectivity index (χ0n) is 29.8. The Kier molecular flexibility index (Phi) is 12.0. The largest absolute Gasteiger partial charge is 0.508 e. The number of halogens is 1. The molecule has 53 heavy (non-hydrogen) atoms. The van der Waals surface area contributed by atoms with Crippen molar-refractivity contribution in [2.75, 3.05) is 28.4 Å². The number of aromatic hydroxyl groups is 1. The number of ether oxygens (including phenoxy) is 2. The maximum Gasteiger partial charge on any atom is 0.324 e. The predicted molar refractivity (Wildman–Crippen MR) is 200 cm³/mol. The molecule has 15 heteroatoms. The number of carbonyl (C=O) groups is 2. The Morgan fingerprint density at radius 2 is 1.58 bits per heavy atom. The molecule has 0 aliphatic heterocycles. The van der Waals surface area contributed by atoms with E-state index in [0.717, 1.165) is 28.7 Å². The highest BCUT2D eigenvalue weighted by Crippen LogP contribution is 2.25. The lowest BCUT2D eigenvalue weighted by atomic mass is 9.92. The second-order valence-corrected chi connectivity index (χ2v) is 12.7. The van der Waals surface area contributed by atoms with Gasteiger partial charge >= 0.3 is 12.1 Å². The highest BCUT2D eigenvalue weighted by Gasteiger charge is 2.18. The number of anilines is 4. The standard InChI is InChI=1S/C24H23N5O3.C14H17FN4O2/c1-17-15-22(11-13-25-17)32-21-9-5-19(6-10-21)27-24(30)28-23-12-14-26-29(23)20-7-3-18(4-8-20)16-31-2;1-14(2,3)11-7-12(19-18-11)17-13(21)16-10-5-4-8(20)6-9(10)15/h3-15H,16H2,1-2H3,(H2,27,28,30);4-7,20H,1-3H3,(H3,16,17,18,19,21). The molecule has 274 valence electrons. The van der Waals surface area contributed by atoms with Crippen LogP contribution in [-0.2, 0) is 16.8 Å². The number of carbonyl (C=O) groups excluding carboxylic acids is 2. The monoisotopic (exact) mass is 721 g/mol. The molecule has 0 fully saturated rings. The minimum atomic E-state index is -0.720. The summed E-state index contributed by atoms with van der Waals surface area (Å²) in [5, 5.41) is 30.7. The van der Waals surface area contributed by atoms with E-state index in [-0.39, 0.29) is 22.9 Å². The van der Waals surface area contributed by atoms with Crippen LogP contribution in [-0.4, -0.2) is 49.2 Å². The lowest BCUT2D eigenvalue weighted by Crippen LogP contribution is -2.21. The second-order valence-electron chi connectivity index (χ2n) is 12.7. The molecule has 0 aliphatic rings. The second kappa shape index (κ2) is 17.0. The number of methoxy groups -OCH3 is 1. The van der Waals surface area contributed by atoms with E-state index in [4.69, 9.17) is 14.6 Å². The molecule has 3 aromatic heterocycles. The van der Waals surface area contributed by atoms with Crippen LogP contribution in [0.5, 0.6) is 17.2 Å². The lowest BCUT2D eigenvalue weighted by molar-refractivity contribution is 0.185. The Morgan fingerprint density at radius 1 is 0.849 bits per heavy atom. The highest BCUT2D eigenvalue weighted by molar-refractivity contribution is 6.00. The van der Waals surface area contributed by atoms with Crippen molar-refractivity contribution in [2.45, 2.75) is 39.7 Å². The lowest BCUT2D eigenvalue weighted by Gasteiger charge is -2.14. The summed E-state index contributed by atoms with van der Waals surface area (Å²) in [6.07, 6.45) is 3.33. The molecule has 6 rings (SSSR count). The van der Waals surface area contributed by atoms with Gasteiger partial charge in [-0.1, -0.05) is 32.9 Å². The molecule has 0 atom stereocenters. The number of aromatic amines is 1. The number of hydrogen-bond acceptors (Lipinski definition) is 8. The summed E-state index contributed by atoms with van der Waals surface area (Å²) in [4.78, 5) is 28.4. The Morgan fingerprint density at radius 3 is 2.25 bits per heavy atom. The predicted octanol–water partition coefficient (Wildman–Crippen LogP) is 8.35. The third-order valence-corrected chi connectivity index (χ3v) is 7.42. The van der Waals surface area contributed by atoms with Crippen LogP contribution in [0.25, 0.3) is 5.69 Å². The van der Waals surface area contributed by atoms with Gasteiger partial charge in [0, 0.05) is 60.1 Å². The fourth-order valence-electron chi connectivity index (χ4n) is 4.75. The van der Waals surface area contributed by atoms with E-state index in [9.17, 15) is 14.0 Å². The molecule has 4 amide bonds. The first-order valence-electron chi connectivity index (χ1n) is 16.4. The van der Waals surface area contributed by atoms with E-state index in [0.29, 0.717) is 35.4 Å². The number of nitrogens with one attached hydrogen (secondary N) is 5. The van der Waals surface area contributed by atoms with Crippen molar-refractivity contribution in [2.24, 2.45) is 0 Å². The number of H-pyrrole nitrogens is 1. The summed E-state index contributed by atoms with van der Waals surface area (Å²) in [6, 6.07) is 24.5. The number of hydrogen-bond donors (Lipinski definition) is 6. The Bertz CT molecular complexity index is 2140. The van der Waals surface area contributed by atoms with Crippen molar-refractivity contribution in [3.8, 4) is 22.9 Å². The summed E-state index contributed by atoms with van der Waals surface area (Å²) in [5.41, 5.74) is 4.12. The van der Waals surface area contributed by atoms with E-state index < -0.39 is 11.8 Å².